The van der Waals surface area contributed by atoms with Gasteiger partial charge in [0.15, 0.2) is 0 Å². The summed E-state index contributed by atoms with van der Waals surface area (Å²) in [6.07, 6.45) is 1.24. The van der Waals surface area contributed by atoms with Gasteiger partial charge in [0, 0.05) is 17.7 Å². The van der Waals surface area contributed by atoms with Crippen LogP contribution in [0.5, 0.6) is 5.75 Å². The van der Waals surface area contributed by atoms with Crippen LogP contribution in [0.25, 0.3) is 5.69 Å². The molecule has 1 N–H and O–H groups in total. The molecule has 0 fully saturated rings. The molecule has 148 valence electrons. The third-order valence-corrected chi connectivity index (χ3v) is 4.64. The van der Waals surface area contributed by atoms with Gasteiger partial charge in [0.2, 0.25) is 0 Å². The Labute approximate surface area is 173 Å². The van der Waals surface area contributed by atoms with Gasteiger partial charge in [-0.15, -0.1) is 0 Å². The molecule has 0 atom stereocenters. The Morgan fingerprint density at radius 1 is 1.21 bits per heavy atom. The molecule has 1 heterocycles. The van der Waals surface area contributed by atoms with E-state index in [-0.39, 0.29) is 32.7 Å². The second-order valence-corrected chi connectivity index (χ2v) is 6.45. The Balaban J connectivity index is 1.87. The molecule has 0 radical (unpaired) electrons. The van der Waals surface area contributed by atoms with E-state index in [4.69, 9.17) is 27.9 Å². The number of halogens is 2. The van der Waals surface area contributed by atoms with Gasteiger partial charge in [0.1, 0.15) is 10.8 Å². The normalized spacial score (nSPS) is 10.4. The van der Waals surface area contributed by atoms with Crippen LogP contribution < -0.4 is 15.6 Å². The van der Waals surface area contributed by atoms with Crippen molar-refractivity contribution in [2.24, 2.45) is 0 Å². The van der Waals surface area contributed by atoms with Crippen molar-refractivity contribution in [3.8, 4) is 11.4 Å². The lowest BCUT2D eigenvalue weighted by Gasteiger charge is -2.11. The summed E-state index contributed by atoms with van der Waals surface area (Å²) < 4.78 is 6.16. The number of hydrogen-bond donors (Lipinski definition) is 1. The number of non-ortho nitro benzene ring substituents is 1. The molecule has 9 nitrogen and oxygen atoms in total. The van der Waals surface area contributed by atoms with E-state index in [2.05, 4.69) is 10.4 Å². The van der Waals surface area contributed by atoms with E-state index in [1.165, 1.54) is 55.8 Å². The highest BCUT2D eigenvalue weighted by molar-refractivity contribution is 6.41. The Kier molecular flexibility index (Phi) is 5.81. The number of nitro groups is 1. The number of rotatable bonds is 5. The number of aromatic nitrogens is 2. The van der Waals surface area contributed by atoms with Crippen LogP contribution in [0.15, 0.2) is 53.5 Å². The maximum atomic E-state index is 12.5. The van der Waals surface area contributed by atoms with Gasteiger partial charge in [-0.25, -0.2) is 0 Å². The largest absolute Gasteiger partial charge is 0.495 e. The number of methoxy groups -OCH3 is 1. The smallest absolute Gasteiger partial charge is 0.291 e. The number of hydrogen-bond acceptors (Lipinski definition) is 6. The second kappa shape index (κ2) is 8.29. The van der Waals surface area contributed by atoms with E-state index < -0.39 is 16.4 Å². The number of nitrogens with zero attached hydrogens (tertiary/aromatic N) is 3. The predicted molar refractivity (Wildman–Crippen MR) is 107 cm³/mol. The van der Waals surface area contributed by atoms with Crippen molar-refractivity contribution in [3.63, 3.8) is 0 Å². The number of ether oxygens (including phenoxy) is 1. The first-order valence-electron chi connectivity index (χ1n) is 7.99. The van der Waals surface area contributed by atoms with Gasteiger partial charge < -0.3 is 10.1 Å². The van der Waals surface area contributed by atoms with Gasteiger partial charge in [-0.2, -0.15) is 9.78 Å². The molecule has 1 amide bonds. The molecule has 0 saturated carbocycles. The number of nitrogens with one attached hydrogen (secondary N) is 1. The Bertz CT molecular complexity index is 1160. The zero-order chi connectivity index (χ0) is 21.1. The Hall–Kier alpha value is -3.43. The standard InChI is InChI=1S/C18H12Cl2N4O5/c1-29-15-7-6-12(24(27)28)8-14(15)22-17(25)10-2-4-11(5-3-10)23-18(26)16(20)13(19)9-21-23/h2-9H,1H3,(H,22,25). The molecule has 29 heavy (non-hydrogen) atoms. The predicted octanol–water partition coefficient (Wildman–Crippen LogP) is 3.71. The first-order valence-corrected chi connectivity index (χ1v) is 8.75. The van der Waals surface area contributed by atoms with E-state index in [1.54, 1.807) is 0 Å². The van der Waals surface area contributed by atoms with Crippen LogP contribution in [-0.2, 0) is 0 Å². The van der Waals surface area contributed by atoms with Crippen LogP contribution in [0.2, 0.25) is 10.0 Å². The molecule has 0 aliphatic rings. The van der Waals surface area contributed by atoms with Gasteiger partial charge in [0.05, 0.1) is 34.6 Å². The lowest BCUT2D eigenvalue weighted by Crippen LogP contribution is -2.21. The van der Waals surface area contributed by atoms with Crippen LogP contribution in [0.3, 0.4) is 0 Å². The van der Waals surface area contributed by atoms with Crippen molar-refractivity contribution in [1.82, 2.24) is 9.78 Å². The second-order valence-electron chi connectivity index (χ2n) is 5.67. The third-order valence-electron chi connectivity index (χ3n) is 3.89. The zero-order valence-electron chi connectivity index (χ0n) is 14.8. The average molecular weight is 435 g/mol. The Morgan fingerprint density at radius 3 is 2.52 bits per heavy atom. The van der Waals surface area contributed by atoms with Crippen LogP contribution in [-0.4, -0.2) is 27.7 Å². The molecular formula is C18H12Cl2N4O5. The minimum Gasteiger partial charge on any atom is -0.495 e. The molecule has 11 heteroatoms. The summed E-state index contributed by atoms with van der Waals surface area (Å²) in [6.45, 7) is 0. The minimum absolute atomic E-state index is 0.0369. The first-order chi connectivity index (χ1) is 13.8. The van der Waals surface area contributed by atoms with Crippen LogP contribution in [0.4, 0.5) is 11.4 Å². The van der Waals surface area contributed by atoms with E-state index in [0.717, 1.165) is 4.68 Å². The molecule has 3 aromatic rings. The summed E-state index contributed by atoms with van der Waals surface area (Å²) >= 11 is 11.6. The monoisotopic (exact) mass is 434 g/mol. The number of nitro benzene ring substituents is 1. The van der Waals surface area contributed by atoms with Gasteiger partial charge in [-0.05, 0) is 30.3 Å². The van der Waals surface area contributed by atoms with Crippen molar-refractivity contribution in [2.45, 2.75) is 0 Å². The highest BCUT2D eigenvalue weighted by Crippen LogP contribution is 2.29. The first kappa shape index (κ1) is 20.3. The van der Waals surface area contributed by atoms with Crippen molar-refractivity contribution >= 4 is 40.5 Å². The average Bonchev–Trinajstić information content (AvgIpc) is 2.72. The molecule has 2 aromatic carbocycles. The van der Waals surface area contributed by atoms with Crippen LogP contribution in [0.1, 0.15) is 10.4 Å². The van der Waals surface area contributed by atoms with Gasteiger partial charge in [-0.3, -0.25) is 19.7 Å². The van der Waals surface area contributed by atoms with Gasteiger partial charge in [-0.1, -0.05) is 23.2 Å². The highest BCUT2D eigenvalue weighted by atomic mass is 35.5. The summed E-state index contributed by atoms with van der Waals surface area (Å²) in [5.41, 5.74) is -0.0224. The van der Waals surface area contributed by atoms with Crippen LogP contribution >= 0.6 is 23.2 Å². The minimum atomic E-state index is -0.599. The topological polar surface area (TPSA) is 116 Å². The molecule has 1 aromatic heterocycles. The third kappa shape index (κ3) is 4.20. The summed E-state index contributed by atoms with van der Waals surface area (Å²) in [6, 6.07) is 9.78. The molecule has 0 spiro atoms. The molecular weight excluding hydrogens is 423 g/mol. The maximum absolute atomic E-state index is 12.5. The van der Waals surface area contributed by atoms with Crippen molar-refractivity contribution < 1.29 is 14.5 Å². The fraction of sp³-hybridized carbons (Fsp3) is 0.0556. The van der Waals surface area contributed by atoms with E-state index in [9.17, 15) is 19.7 Å². The molecule has 0 bridgehead atoms. The molecule has 0 unspecified atom stereocenters. The molecule has 0 aliphatic heterocycles. The number of amides is 1. The number of carbonyl (C=O) groups is 1. The fourth-order valence-electron chi connectivity index (χ4n) is 2.45. The van der Waals surface area contributed by atoms with Crippen molar-refractivity contribution in [3.05, 3.63) is 84.7 Å². The number of anilines is 1. The highest BCUT2D eigenvalue weighted by Gasteiger charge is 2.15. The van der Waals surface area contributed by atoms with Gasteiger partial charge >= 0.3 is 0 Å². The van der Waals surface area contributed by atoms with Crippen molar-refractivity contribution in [1.29, 1.82) is 0 Å². The summed E-state index contributed by atoms with van der Waals surface area (Å²) in [5.74, 6) is -0.253. The number of carbonyl (C=O) groups excluding carboxylic acids is 1. The maximum Gasteiger partial charge on any atom is 0.291 e. The summed E-state index contributed by atoms with van der Waals surface area (Å²) in [4.78, 5) is 35.0. The van der Waals surface area contributed by atoms with Gasteiger partial charge in [0.25, 0.3) is 17.2 Å². The van der Waals surface area contributed by atoms with E-state index in [0.29, 0.717) is 5.69 Å². The molecule has 0 aliphatic carbocycles. The quantitative estimate of drug-likeness (QED) is 0.483. The van der Waals surface area contributed by atoms with Crippen LogP contribution in [0, 0.1) is 10.1 Å². The lowest BCUT2D eigenvalue weighted by atomic mass is 10.2. The zero-order valence-corrected chi connectivity index (χ0v) is 16.3. The Morgan fingerprint density at radius 2 is 1.90 bits per heavy atom. The SMILES string of the molecule is COc1ccc([N+](=O)[O-])cc1NC(=O)c1ccc(-n2ncc(Cl)c(Cl)c2=O)cc1. The van der Waals surface area contributed by atoms with E-state index in [1.807, 2.05) is 0 Å². The van der Waals surface area contributed by atoms with E-state index >= 15 is 0 Å². The lowest BCUT2D eigenvalue weighted by molar-refractivity contribution is -0.384. The molecule has 3 rings (SSSR count). The molecule has 0 saturated heterocycles. The van der Waals surface area contributed by atoms with Crippen molar-refractivity contribution in [2.75, 3.05) is 12.4 Å². The summed E-state index contributed by atoms with van der Waals surface area (Å²) in [7, 11) is 1.38. The fourth-order valence-corrected chi connectivity index (χ4v) is 2.71. The number of benzene rings is 2. The summed E-state index contributed by atoms with van der Waals surface area (Å²) in [5, 5.41) is 17.3.